The van der Waals surface area contributed by atoms with Crippen molar-refractivity contribution in [1.29, 1.82) is 0 Å². The number of carbonyl (C=O) groups is 1. The number of anilines is 2. The van der Waals surface area contributed by atoms with Crippen molar-refractivity contribution in [2.45, 2.75) is 13.3 Å². The normalized spacial score (nSPS) is 16.8. The highest BCUT2D eigenvalue weighted by atomic mass is 127. The number of para-hydroxylation sites is 1. The number of fused-ring (bicyclic) bond motifs is 1. The summed E-state index contributed by atoms with van der Waals surface area (Å²) in [6.07, 6.45) is 0.790. The van der Waals surface area contributed by atoms with Gasteiger partial charge in [0.2, 0.25) is 5.91 Å². The molecule has 0 aliphatic carbocycles. The number of hydrogen-bond acceptors (Lipinski definition) is 2. The van der Waals surface area contributed by atoms with Gasteiger partial charge in [-0.1, -0.05) is 18.2 Å². The number of carbonyl (C=O) groups excluding carboxylic acids is 1. The first-order valence-electron chi connectivity index (χ1n) is 7.02. The van der Waals surface area contributed by atoms with Gasteiger partial charge in [-0.3, -0.25) is 4.79 Å². The monoisotopic (exact) mass is 392 g/mol. The van der Waals surface area contributed by atoms with E-state index in [0.717, 1.165) is 23.4 Å². The smallest absolute Gasteiger partial charge is 0.229 e. The number of halogens is 1. The van der Waals surface area contributed by atoms with Crippen LogP contribution in [-0.4, -0.2) is 12.5 Å². The van der Waals surface area contributed by atoms with E-state index in [1.165, 1.54) is 9.13 Å². The molecule has 0 bridgehead atoms. The molecule has 2 aromatic carbocycles. The van der Waals surface area contributed by atoms with Crippen LogP contribution in [0.3, 0.4) is 0 Å². The minimum atomic E-state index is -0.0291. The van der Waals surface area contributed by atoms with E-state index >= 15 is 0 Å². The lowest BCUT2D eigenvalue weighted by Gasteiger charge is -2.25. The summed E-state index contributed by atoms with van der Waals surface area (Å²) in [4.78, 5) is 12.5. The van der Waals surface area contributed by atoms with E-state index in [0.29, 0.717) is 6.54 Å². The third-order valence-electron chi connectivity index (χ3n) is 3.84. The zero-order valence-corrected chi connectivity index (χ0v) is 14.0. The van der Waals surface area contributed by atoms with Gasteiger partial charge < -0.3 is 10.6 Å². The minimum Gasteiger partial charge on any atom is -0.384 e. The fourth-order valence-electron chi connectivity index (χ4n) is 2.63. The van der Waals surface area contributed by atoms with Crippen LogP contribution in [0.1, 0.15) is 11.1 Å². The van der Waals surface area contributed by atoms with E-state index in [4.69, 9.17) is 0 Å². The Hall–Kier alpha value is -1.56. The Morgan fingerprint density at radius 3 is 2.90 bits per heavy atom. The number of hydrogen-bond donors (Lipinski definition) is 2. The first-order chi connectivity index (χ1) is 10.1. The van der Waals surface area contributed by atoms with Crippen molar-refractivity contribution in [3.8, 4) is 0 Å². The van der Waals surface area contributed by atoms with Gasteiger partial charge in [0.1, 0.15) is 0 Å². The second kappa shape index (κ2) is 6.05. The minimum absolute atomic E-state index is 0.0291. The Bertz CT molecular complexity index is 684. The van der Waals surface area contributed by atoms with Gasteiger partial charge in [0.05, 0.1) is 5.92 Å². The predicted octanol–water partition coefficient (Wildman–Crippen LogP) is 3.82. The molecule has 0 fully saturated rings. The molecular weight excluding hydrogens is 375 g/mol. The maximum atomic E-state index is 12.5. The van der Waals surface area contributed by atoms with Gasteiger partial charge in [-0.05, 0) is 71.3 Å². The molecule has 4 heteroatoms. The molecule has 3 rings (SSSR count). The summed E-state index contributed by atoms with van der Waals surface area (Å²) in [6.45, 7) is 2.71. The Balaban J connectivity index is 1.72. The van der Waals surface area contributed by atoms with Gasteiger partial charge in [-0.2, -0.15) is 0 Å². The van der Waals surface area contributed by atoms with Crippen LogP contribution in [0.25, 0.3) is 0 Å². The first kappa shape index (κ1) is 14.4. The summed E-state index contributed by atoms with van der Waals surface area (Å²) in [6, 6.07) is 14.2. The Morgan fingerprint density at radius 1 is 1.29 bits per heavy atom. The topological polar surface area (TPSA) is 41.1 Å². The molecule has 1 atom stereocenters. The van der Waals surface area contributed by atoms with E-state index in [1.54, 1.807) is 0 Å². The molecule has 1 unspecified atom stereocenters. The molecule has 1 heterocycles. The van der Waals surface area contributed by atoms with Crippen molar-refractivity contribution in [3.63, 3.8) is 0 Å². The molecular formula is C17H17IN2O. The van der Waals surface area contributed by atoms with Crippen LogP contribution < -0.4 is 10.6 Å². The Morgan fingerprint density at radius 2 is 2.10 bits per heavy atom. The molecule has 0 radical (unpaired) electrons. The summed E-state index contributed by atoms with van der Waals surface area (Å²) < 4.78 is 1.18. The molecule has 2 aromatic rings. The van der Waals surface area contributed by atoms with Gasteiger partial charge in [-0.15, -0.1) is 0 Å². The van der Waals surface area contributed by atoms with Crippen molar-refractivity contribution >= 4 is 39.9 Å². The quantitative estimate of drug-likeness (QED) is 0.763. The molecule has 21 heavy (non-hydrogen) atoms. The molecule has 1 amide bonds. The van der Waals surface area contributed by atoms with Gasteiger partial charge in [0, 0.05) is 21.5 Å². The fraction of sp³-hybridized carbons (Fsp3) is 0.235. The second-order valence-electron chi connectivity index (χ2n) is 5.39. The van der Waals surface area contributed by atoms with Crippen molar-refractivity contribution < 1.29 is 4.79 Å². The zero-order chi connectivity index (χ0) is 14.8. The van der Waals surface area contributed by atoms with Gasteiger partial charge in [0.15, 0.2) is 0 Å². The lowest BCUT2D eigenvalue weighted by molar-refractivity contribution is -0.119. The number of rotatable bonds is 2. The SMILES string of the molecule is Cc1cc(I)ccc1NC(=O)C1CNc2ccccc2C1. The Kier molecular flexibility index (Phi) is 4.14. The molecule has 0 saturated heterocycles. The largest absolute Gasteiger partial charge is 0.384 e. The number of amides is 1. The highest BCUT2D eigenvalue weighted by molar-refractivity contribution is 14.1. The summed E-state index contributed by atoms with van der Waals surface area (Å²) in [7, 11) is 0. The standard InChI is InChI=1S/C17H17IN2O/c1-11-8-14(18)6-7-15(11)20-17(21)13-9-12-4-2-3-5-16(12)19-10-13/h2-8,13,19H,9-10H2,1H3,(H,20,21). The van der Waals surface area contributed by atoms with Crippen LogP contribution in [0.5, 0.6) is 0 Å². The average Bonchev–Trinajstić information content (AvgIpc) is 2.49. The predicted molar refractivity (Wildman–Crippen MR) is 94.7 cm³/mol. The van der Waals surface area contributed by atoms with Crippen LogP contribution >= 0.6 is 22.6 Å². The molecule has 1 aliphatic heterocycles. The fourth-order valence-corrected chi connectivity index (χ4v) is 3.28. The van der Waals surface area contributed by atoms with Gasteiger partial charge >= 0.3 is 0 Å². The van der Waals surface area contributed by atoms with Crippen molar-refractivity contribution in [1.82, 2.24) is 0 Å². The average molecular weight is 392 g/mol. The van der Waals surface area contributed by atoms with Gasteiger partial charge in [0.25, 0.3) is 0 Å². The first-order valence-corrected chi connectivity index (χ1v) is 8.10. The van der Waals surface area contributed by atoms with Crippen molar-refractivity contribution in [3.05, 3.63) is 57.2 Å². The molecule has 0 aromatic heterocycles. The third kappa shape index (κ3) is 3.20. The summed E-state index contributed by atoms with van der Waals surface area (Å²) in [5.74, 6) is 0.0555. The molecule has 2 N–H and O–H groups in total. The van der Waals surface area contributed by atoms with E-state index in [9.17, 15) is 4.79 Å². The number of benzene rings is 2. The zero-order valence-electron chi connectivity index (χ0n) is 11.8. The van der Waals surface area contributed by atoms with E-state index < -0.39 is 0 Å². The van der Waals surface area contributed by atoms with E-state index in [2.05, 4.69) is 51.4 Å². The Labute approximate surface area is 138 Å². The van der Waals surface area contributed by atoms with Crippen LogP contribution in [0.2, 0.25) is 0 Å². The van der Waals surface area contributed by atoms with Crippen LogP contribution in [-0.2, 0) is 11.2 Å². The molecule has 0 saturated carbocycles. The molecule has 0 spiro atoms. The molecule has 1 aliphatic rings. The van der Waals surface area contributed by atoms with Crippen LogP contribution in [0.4, 0.5) is 11.4 Å². The molecule has 3 nitrogen and oxygen atoms in total. The lowest BCUT2D eigenvalue weighted by atomic mass is 9.93. The highest BCUT2D eigenvalue weighted by Gasteiger charge is 2.24. The van der Waals surface area contributed by atoms with Crippen molar-refractivity contribution in [2.75, 3.05) is 17.2 Å². The number of nitrogens with one attached hydrogen (secondary N) is 2. The lowest BCUT2D eigenvalue weighted by Crippen LogP contribution is -2.33. The third-order valence-corrected chi connectivity index (χ3v) is 4.51. The maximum absolute atomic E-state index is 12.5. The van der Waals surface area contributed by atoms with Crippen molar-refractivity contribution in [2.24, 2.45) is 5.92 Å². The van der Waals surface area contributed by atoms with Crippen LogP contribution in [0.15, 0.2) is 42.5 Å². The van der Waals surface area contributed by atoms with Gasteiger partial charge in [-0.25, -0.2) is 0 Å². The summed E-state index contributed by atoms with van der Waals surface area (Å²) in [5.41, 5.74) is 4.36. The maximum Gasteiger partial charge on any atom is 0.229 e. The summed E-state index contributed by atoms with van der Waals surface area (Å²) >= 11 is 2.28. The number of aryl methyl sites for hydroxylation is 1. The highest BCUT2D eigenvalue weighted by Crippen LogP contribution is 2.25. The van der Waals surface area contributed by atoms with E-state index in [-0.39, 0.29) is 11.8 Å². The van der Waals surface area contributed by atoms with Crippen LogP contribution in [0, 0.1) is 16.4 Å². The van der Waals surface area contributed by atoms with E-state index in [1.807, 2.05) is 31.2 Å². The second-order valence-corrected chi connectivity index (χ2v) is 6.63. The molecule has 108 valence electrons. The summed E-state index contributed by atoms with van der Waals surface area (Å²) in [5, 5.41) is 6.40.